The second kappa shape index (κ2) is 7.42. The Bertz CT molecular complexity index is 495. The zero-order valence-corrected chi connectivity index (χ0v) is 11.5. The van der Waals surface area contributed by atoms with Gasteiger partial charge in [0.15, 0.2) is 0 Å². The summed E-state index contributed by atoms with van der Waals surface area (Å²) in [6, 6.07) is 1.84. The average Bonchev–Trinajstić information content (AvgIpc) is 2.38. The highest BCUT2D eigenvalue weighted by Gasteiger charge is 2.14. The molecule has 1 aromatic rings. The second-order valence-corrected chi connectivity index (χ2v) is 4.46. The first-order valence-corrected chi connectivity index (χ1v) is 6.48. The van der Waals surface area contributed by atoms with Crippen molar-refractivity contribution < 1.29 is 5.11 Å². The quantitative estimate of drug-likeness (QED) is 0.685. The molecule has 0 saturated heterocycles. The third-order valence-corrected chi connectivity index (χ3v) is 3.15. The van der Waals surface area contributed by atoms with Crippen LogP contribution in [0.4, 0.5) is 0 Å². The summed E-state index contributed by atoms with van der Waals surface area (Å²) >= 11 is 0. The summed E-state index contributed by atoms with van der Waals surface area (Å²) in [5.41, 5.74) is 4.42. The van der Waals surface area contributed by atoms with Gasteiger partial charge in [0.2, 0.25) is 0 Å². The SMILES string of the molecule is C=CCc1cc(O)c(CC=C)c(CC=C)c1CC=C. The van der Waals surface area contributed by atoms with Crippen LogP contribution in [0.25, 0.3) is 0 Å². The molecule has 0 unspecified atom stereocenters. The van der Waals surface area contributed by atoms with E-state index in [-0.39, 0.29) is 0 Å². The first kappa shape index (κ1) is 15.0. The number of benzene rings is 1. The zero-order valence-electron chi connectivity index (χ0n) is 11.5. The fourth-order valence-corrected chi connectivity index (χ4v) is 2.37. The molecule has 100 valence electrons. The Kier molecular flexibility index (Phi) is 5.87. The Morgan fingerprint density at radius 3 is 1.74 bits per heavy atom. The average molecular weight is 254 g/mol. The summed E-state index contributed by atoms with van der Waals surface area (Å²) in [7, 11) is 0. The fourth-order valence-electron chi connectivity index (χ4n) is 2.37. The molecule has 0 aromatic heterocycles. The highest BCUT2D eigenvalue weighted by atomic mass is 16.3. The molecule has 1 aromatic carbocycles. The van der Waals surface area contributed by atoms with Gasteiger partial charge < -0.3 is 5.11 Å². The van der Waals surface area contributed by atoms with Crippen molar-refractivity contribution in [2.75, 3.05) is 0 Å². The lowest BCUT2D eigenvalue weighted by Gasteiger charge is -2.18. The third kappa shape index (κ3) is 3.47. The topological polar surface area (TPSA) is 20.2 Å². The number of hydrogen-bond acceptors (Lipinski definition) is 1. The maximum atomic E-state index is 10.2. The lowest BCUT2D eigenvalue weighted by molar-refractivity contribution is 0.468. The van der Waals surface area contributed by atoms with E-state index in [0.717, 1.165) is 36.0 Å². The third-order valence-electron chi connectivity index (χ3n) is 3.15. The smallest absolute Gasteiger partial charge is 0.119 e. The second-order valence-electron chi connectivity index (χ2n) is 4.46. The van der Waals surface area contributed by atoms with Crippen molar-refractivity contribution in [2.45, 2.75) is 25.7 Å². The number of allylic oxidation sites excluding steroid dienone is 4. The lowest BCUT2D eigenvalue weighted by atomic mass is 9.88. The highest BCUT2D eigenvalue weighted by Crippen LogP contribution is 2.31. The van der Waals surface area contributed by atoms with E-state index in [1.54, 1.807) is 0 Å². The molecule has 0 heterocycles. The maximum Gasteiger partial charge on any atom is 0.119 e. The Morgan fingerprint density at radius 2 is 1.21 bits per heavy atom. The molecule has 0 aliphatic rings. The molecule has 1 nitrogen and oxygen atoms in total. The molecular weight excluding hydrogens is 232 g/mol. The van der Waals surface area contributed by atoms with Gasteiger partial charge in [-0.25, -0.2) is 0 Å². The van der Waals surface area contributed by atoms with Gasteiger partial charge in [0.05, 0.1) is 0 Å². The van der Waals surface area contributed by atoms with Crippen molar-refractivity contribution in [2.24, 2.45) is 0 Å². The fraction of sp³-hybridized carbons (Fsp3) is 0.222. The molecule has 1 heteroatoms. The van der Waals surface area contributed by atoms with Gasteiger partial charge in [-0.2, -0.15) is 0 Å². The van der Waals surface area contributed by atoms with Crippen LogP contribution in [0.2, 0.25) is 0 Å². The molecule has 0 amide bonds. The molecule has 0 spiro atoms. The zero-order chi connectivity index (χ0) is 14.3. The molecule has 0 radical (unpaired) electrons. The number of rotatable bonds is 8. The Labute approximate surface area is 116 Å². The van der Waals surface area contributed by atoms with Crippen LogP contribution >= 0.6 is 0 Å². The maximum absolute atomic E-state index is 10.2. The first-order chi connectivity index (χ1) is 9.19. The summed E-state index contributed by atoms with van der Waals surface area (Å²) in [5.74, 6) is 0.335. The van der Waals surface area contributed by atoms with Gasteiger partial charge >= 0.3 is 0 Å². The van der Waals surface area contributed by atoms with E-state index in [4.69, 9.17) is 0 Å². The Balaban J connectivity index is 3.52. The molecular formula is C18H22O. The van der Waals surface area contributed by atoms with E-state index in [2.05, 4.69) is 26.3 Å². The van der Waals surface area contributed by atoms with Gasteiger partial charge in [-0.15, -0.1) is 26.3 Å². The summed E-state index contributed by atoms with van der Waals surface area (Å²) < 4.78 is 0. The molecule has 0 atom stereocenters. The Morgan fingerprint density at radius 1 is 0.737 bits per heavy atom. The number of phenolic OH excluding ortho intramolecular Hbond substituents is 1. The molecule has 0 fully saturated rings. The normalized spacial score (nSPS) is 9.89. The number of aromatic hydroxyl groups is 1. The van der Waals surface area contributed by atoms with Crippen LogP contribution in [0.15, 0.2) is 56.7 Å². The Hall–Kier alpha value is -2.02. The molecule has 0 bridgehead atoms. The first-order valence-electron chi connectivity index (χ1n) is 6.48. The van der Waals surface area contributed by atoms with Gasteiger partial charge in [-0.1, -0.05) is 24.3 Å². The van der Waals surface area contributed by atoms with Crippen molar-refractivity contribution in [1.82, 2.24) is 0 Å². The van der Waals surface area contributed by atoms with E-state index < -0.39 is 0 Å². The van der Waals surface area contributed by atoms with Crippen LogP contribution in [-0.4, -0.2) is 5.11 Å². The van der Waals surface area contributed by atoms with Crippen LogP contribution < -0.4 is 0 Å². The van der Waals surface area contributed by atoms with Crippen molar-refractivity contribution in [3.8, 4) is 5.75 Å². The van der Waals surface area contributed by atoms with Crippen molar-refractivity contribution in [3.05, 3.63) is 78.9 Å². The minimum absolute atomic E-state index is 0.335. The van der Waals surface area contributed by atoms with Crippen molar-refractivity contribution >= 4 is 0 Å². The predicted octanol–water partition coefficient (Wildman–Crippen LogP) is 4.31. The van der Waals surface area contributed by atoms with Crippen LogP contribution in [0.3, 0.4) is 0 Å². The van der Waals surface area contributed by atoms with Gasteiger partial charge in [0.25, 0.3) is 0 Å². The van der Waals surface area contributed by atoms with E-state index in [1.165, 1.54) is 5.56 Å². The largest absolute Gasteiger partial charge is 0.508 e. The van der Waals surface area contributed by atoms with E-state index in [0.29, 0.717) is 12.2 Å². The minimum atomic E-state index is 0.335. The molecule has 1 N–H and O–H groups in total. The van der Waals surface area contributed by atoms with Gasteiger partial charge in [0, 0.05) is 5.56 Å². The van der Waals surface area contributed by atoms with E-state index >= 15 is 0 Å². The summed E-state index contributed by atoms with van der Waals surface area (Å²) in [6.07, 6.45) is 10.4. The molecule has 0 saturated carbocycles. The van der Waals surface area contributed by atoms with Gasteiger partial charge in [-0.3, -0.25) is 0 Å². The van der Waals surface area contributed by atoms with Crippen molar-refractivity contribution in [1.29, 1.82) is 0 Å². The van der Waals surface area contributed by atoms with Gasteiger partial charge in [0.1, 0.15) is 5.75 Å². The molecule has 0 aliphatic heterocycles. The van der Waals surface area contributed by atoms with Crippen LogP contribution in [0, 0.1) is 0 Å². The number of hydrogen-bond donors (Lipinski definition) is 1. The predicted molar refractivity (Wildman–Crippen MR) is 83.7 cm³/mol. The molecule has 0 aliphatic carbocycles. The van der Waals surface area contributed by atoms with E-state index in [9.17, 15) is 5.11 Å². The lowest BCUT2D eigenvalue weighted by Crippen LogP contribution is -2.04. The van der Waals surface area contributed by atoms with Crippen molar-refractivity contribution in [3.63, 3.8) is 0 Å². The minimum Gasteiger partial charge on any atom is -0.508 e. The van der Waals surface area contributed by atoms with E-state index in [1.807, 2.05) is 30.4 Å². The summed E-state index contributed by atoms with van der Waals surface area (Å²) in [6.45, 7) is 15.2. The summed E-state index contributed by atoms with van der Waals surface area (Å²) in [4.78, 5) is 0. The molecule has 1 rings (SSSR count). The van der Waals surface area contributed by atoms with Crippen LogP contribution in [0.5, 0.6) is 5.75 Å². The van der Waals surface area contributed by atoms with Gasteiger partial charge in [-0.05, 0) is 48.4 Å². The highest BCUT2D eigenvalue weighted by molar-refractivity contribution is 5.51. The van der Waals surface area contributed by atoms with Crippen LogP contribution in [0.1, 0.15) is 22.3 Å². The molecule has 19 heavy (non-hydrogen) atoms. The van der Waals surface area contributed by atoms with Crippen LogP contribution in [-0.2, 0) is 25.7 Å². The number of phenols is 1. The standard InChI is InChI=1S/C18H22O/c1-5-9-14-13-18(19)17(12-8-4)16(11-7-3)15(14)10-6-2/h5-8,13,19H,1-4,9-12H2. The monoisotopic (exact) mass is 254 g/mol. The summed E-state index contributed by atoms with van der Waals surface area (Å²) in [5, 5.41) is 10.2.